The number of rotatable bonds is 3. The molecular formula is C19H21N3O2. The first kappa shape index (κ1) is 16.2. The molecule has 0 N–H and O–H groups in total. The highest BCUT2D eigenvalue weighted by Crippen LogP contribution is 2.20. The lowest BCUT2D eigenvalue weighted by Gasteiger charge is -2.20. The van der Waals surface area contributed by atoms with E-state index in [-0.39, 0.29) is 17.5 Å². The highest BCUT2D eigenvalue weighted by atomic mass is 16.2. The maximum absolute atomic E-state index is 12.7. The third-order valence-corrected chi connectivity index (χ3v) is 4.36. The second kappa shape index (κ2) is 6.83. The second-order valence-corrected chi connectivity index (χ2v) is 6.06. The molecule has 0 radical (unpaired) electrons. The first-order valence-electron chi connectivity index (χ1n) is 8.18. The van der Waals surface area contributed by atoms with Crippen LogP contribution in [0.3, 0.4) is 0 Å². The van der Waals surface area contributed by atoms with E-state index in [4.69, 9.17) is 0 Å². The largest absolute Gasteiger partial charge is 0.337 e. The summed E-state index contributed by atoms with van der Waals surface area (Å²) in [6, 6.07) is 12.7. The zero-order chi connectivity index (χ0) is 17.1. The molecule has 5 heteroatoms. The molecule has 1 aliphatic rings. The molecule has 1 aliphatic heterocycles. The van der Waals surface area contributed by atoms with Crippen LogP contribution in [0.2, 0.25) is 0 Å². The Hall–Kier alpha value is -2.69. The van der Waals surface area contributed by atoms with Crippen LogP contribution in [0.4, 0.5) is 5.69 Å². The van der Waals surface area contributed by atoms with Crippen LogP contribution in [0.5, 0.6) is 0 Å². The Morgan fingerprint density at radius 3 is 2.38 bits per heavy atom. The van der Waals surface area contributed by atoms with Crippen LogP contribution in [0, 0.1) is 6.92 Å². The maximum atomic E-state index is 12.7. The number of nitrogens with zero attached hydrogens (tertiary/aromatic N) is 3. The van der Waals surface area contributed by atoms with E-state index in [1.54, 1.807) is 35.0 Å². The normalized spacial score (nSPS) is 13.8. The fourth-order valence-electron chi connectivity index (χ4n) is 2.98. The molecule has 1 aromatic carbocycles. The van der Waals surface area contributed by atoms with Gasteiger partial charge in [0.05, 0.1) is 0 Å². The van der Waals surface area contributed by atoms with Gasteiger partial charge in [-0.3, -0.25) is 9.59 Å². The number of pyridine rings is 1. The monoisotopic (exact) mass is 323 g/mol. The average molecular weight is 323 g/mol. The molecule has 2 heterocycles. The van der Waals surface area contributed by atoms with E-state index in [0.717, 1.165) is 37.2 Å². The summed E-state index contributed by atoms with van der Waals surface area (Å²) >= 11 is 0. The first-order chi connectivity index (χ1) is 11.6. The minimum Gasteiger partial charge on any atom is -0.337 e. The molecule has 0 aliphatic carbocycles. The van der Waals surface area contributed by atoms with Crippen molar-refractivity contribution in [3.05, 3.63) is 59.4 Å². The van der Waals surface area contributed by atoms with Crippen LogP contribution in [-0.2, 0) is 0 Å². The topological polar surface area (TPSA) is 53.5 Å². The van der Waals surface area contributed by atoms with E-state index < -0.39 is 0 Å². The van der Waals surface area contributed by atoms with Gasteiger partial charge in [0, 0.05) is 25.8 Å². The van der Waals surface area contributed by atoms with Crippen molar-refractivity contribution in [1.82, 2.24) is 9.88 Å². The van der Waals surface area contributed by atoms with Crippen molar-refractivity contribution < 1.29 is 9.59 Å². The number of amides is 2. The summed E-state index contributed by atoms with van der Waals surface area (Å²) in [6.07, 6.45) is 2.06. The molecule has 0 atom stereocenters. The van der Waals surface area contributed by atoms with Crippen molar-refractivity contribution in [2.45, 2.75) is 19.8 Å². The summed E-state index contributed by atoms with van der Waals surface area (Å²) in [6.45, 7) is 3.49. The lowest BCUT2D eigenvalue weighted by atomic mass is 10.1. The van der Waals surface area contributed by atoms with Crippen LogP contribution in [-0.4, -0.2) is 41.8 Å². The van der Waals surface area contributed by atoms with Crippen molar-refractivity contribution in [2.75, 3.05) is 25.0 Å². The molecular weight excluding hydrogens is 302 g/mol. The molecule has 24 heavy (non-hydrogen) atoms. The fraction of sp³-hybridized carbons (Fsp3) is 0.316. The van der Waals surface area contributed by atoms with E-state index in [1.165, 1.54) is 0 Å². The minimum atomic E-state index is -0.222. The zero-order valence-electron chi connectivity index (χ0n) is 14.0. The second-order valence-electron chi connectivity index (χ2n) is 6.06. The van der Waals surface area contributed by atoms with Crippen molar-refractivity contribution in [1.29, 1.82) is 0 Å². The number of para-hydroxylation sites is 1. The van der Waals surface area contributed by atoms with E-state index in [2.05, 4.69) is 4.98 Å². The number of carbonyl (C=O) groups is 2. The van der Waals surface area contributed by atoms with Crippen molar-refractivity contribution in [2.24, 2.45) is 0 Å². The van der Waals surface area contributed by atoms with E-state index in [0.29, 0.717) is 5.69 Å². The maximum Gasteiger partial charge on any atom is 0.276 e. The molecule has 5 nitrogen and oxygen atoms in total. The molecule has 0 spiro atoms. The number of likely N-dealkylation sites (tertiary alicyclic amines) is 1. The Bertz CT molecular complexity index is 767. The lowest BCUT2D eigenvalue weighted by molar-refractivity contribution is 0.0787. The molecule has 1 fully saturated rings. The molecule has 1 aromatic heterocycles. The third kappa shape index (κ3) is 3.15. The van der Waals surface area contributed by atoms with E-state index >= 15 is 0 Å². The van der Waals surface area contributed by atoms with Gasteiger partial charge in [0.2, 0.25) is 0 Å². The van der Waals surface area contributed by atoms with Gasteiger partial charge in [0.25, 0.3) is 11.8 Å². The minimum absolute atomic E-state index is 0.0966. The summed E-state index contributed by atoms with van der Waals surface area (Å²) in [5.41, 5.74) is 2.46. The summed E-state index contributed by atoms with van der Waals surface area (Å²) in [5, 5.41) is 0. The van der Waals surface area contributed by atoms with Crippen molar-refractivity contribution in [3.8, 4) is 0 Å². The van der Waals surface area contributed by atoms with Gasteiger partial charge in [0.1, 0.15) is 11.4 Å². The Labute approximate surface area is 141 Å². The standard InChI is InChI=1S/C19H21N3O2/c1-14-8-3-4-11-17(14)21(2)18(23)15-9-7-10-16(20-15)19(24)22-12-5-6-13-22/h3-4,7-11H,5-6,12-13H2,1-2H3. The van der Waals surface area contributed by atoms with Crippen LogP contribution in [0.1, 0.15) is 39.4 Å². The number of hydrogen-bond acceptors (Lipinski definition) is 3. The van der Waals surface area contributed by atoms with E-state index in [1.807, 2.05) is 31.2 Å². The number of aromatic nitrogens is 1. The van der Waals surface area contributed by atoms with Crippen LogP contribution < -0.4 is 4.90 Å². The molecule has 0 unspecified atom stereocenters. The summed E-state index contributed by atoms with van der Waals surface area (Å²) < 4.78 is 0. The van der Waals surface area contributed by atoms with Gasteiger partial charge < -0.3 is 9.80 Å². The van der Waals surface area contributed by atoms with Gasteiger partial charge in [-0.25, -0.2) is 4.98 Å². The Kier molecular flexibility index (Phi) is 4.60. The molecule has 0 saturated carbocycles. The van der Waals surface area contributed by atoms with Gasteiger partial charge in [0.15, 0.2) is 0 Å². The smallest absolute Gasteiger partial charge is 0.276 e. The Balaban J connectivity index is 1.84. The van der Waals surface area contributed by atoms with Crippen LogP contribution in [0.25, 0.3) is 0 Å². The third-order valence-electron chi connectivity index (χ3n) is 4.36. The summed E-state index contributed by atoms with van der Waals surface area (Å²) in [4.78, 5) is 32.9. The van der Waals surface area contributed by atoms with Gasteiger partial charge in [-0.15, -0.1) is 0 Å². The summed E-state index contributed by atoms with van der Waals surface area (Å²) in [5.74, 6) is -0.318. The fourth-order valence-corrected chi connectivity index (χ4v) is 2.98. The number of aryl methyl sites for hydroxylation is 1. The number of benzene rings is 1. The molecule has 1 saturated heterocycles. The number of anilines is 1. The first-order valence-corrected chi connectivity index (χ1v) is 8.18. The quantitative estimate of drug-likeness (QED) is 0.873. The highest BCUT2D eigenvalue weighted by molar-refractivity contribution is 6.05. The van der Waals surface area contributed by atoms with Gasteiger partial charge in [-0.05, 0) is 43.5 Å². The Morgan fingerprint density at radius 2 is 1.67 bits per heavy atom. The Morgan fingerprint density at radius 1 is 1.00 bits per heavy atom. The van der Waals surface area contributed by atoms with Crippen molar-refractivity contribution in [3.63, 3.8) is 0 Å². The summed E-state index contributed by atoms with van der Waals surface area (Å²) in [7, 11) is 1.72. The number of carbonyl (C=O) groups excluding carboxylic acids is 2. The zero-order valence-corrected chi connectivity index (χ0v) is 14.0. The predicted molar refractivity (Wildman–Crippen MR) is 93.3 cm³/mol. The lowest BCUT2D eigenvalue weighted by Crippen LogP contribution is -2.31. The van der Waals surface area contributed by atoms with Crippen LogP contribution in [0.15, 0.2) is 42.5 Å². The van der Waals surface area contributed by atoms with Gasteiger partial charge in [-0.1, -0.05) is 24.3 Å². The molecule has 124 valence electrons. The number of hydrogen-bond donors (Lipinski definition) is 0. The van der Waals surface area contributed by atoms with Gasteiger partial charge >= 0.3 is 0 Å². The molecule has 3 rings (SSSR count). The van der Waals surface area contributed by atoms with Crippen molar-refractivity contribution >= 4 is 17.5 Å². The molecule has 0 bridgehead atoms. The molecule has 2 aromatic rings. The van der Waals surface area contributed by atoms with Crippen LogP contribution >= 0.6 is 0 Å². The van der Waals surface area contributed by atoms with E-state index in [9.17, 15) is 9.59 Å². The molecule has 2 amide bonds. The van der Waals surface area contributed by atoms with Gasteiger partial charge in [-0.2, -0.15) is 0 Å². The SMILES string of the molecule is Cc1ccccc1N(C)C(=O)c1cccc(C(=O)N2CCCC2)n1. The predicted octanol–water partition coefficient (Wildman–Crippen LogP) is 2.90. The highest BCUT2D eigenvalue weighted by Gasteiger charge is 2.22. The average Bonchev–Trinajstić information content (AvgIpc) is 3.15.